The van der Waals surface area contributed by atoms with E-state index in [1.54, 1.807) is 0 Å². The van der Waals surface area contributed by atoms with E-state index in [4.69, 9.17) is 9.47 Å². The van der Waals surface area contributed by atoms with Crippen LogP contribution in [0, 0.1) is 0 Å². The molecular formula is C75H140O5. The van der Waals surface area contributed by atoms with Gasteiger partial charge in [-0.15, -0.1) is 0 Å². The third-order valence-electron chi connectivity index (χ3n) is 16.6. The van der Waals surface area contributed by atoms with Gasteiger partial charge >= 0.3 is 11.9 Å². The summed E-state index contributed by atoms with van der Waals surface area (Å²) in [7, 11) is 0. The van der Waals surface area contributed by atoms with Gasteiger partial charge in [-0.1, -0.05) is 358 Å². The fourth-order valence-electron chi connectivity index (χ4n) is 11.2. The van der Waals surface area contributed by atoms with Crippen LogP contribution in [0.4, 0.5) is 0 Å². The summed E-state index contributed by atoms with van der Waals surface area (Å²) < 4.78 is 10.8. The molecule has 0 spiro atoms. The van der Waals surface area contributed by atoms with Gasteiger partial charge in [0.1, 0.15) is 6.61 Å². The molecule has 0 rings (SSSR count). The summed E-state index contributed by atoms with van der Waals surface area (Å²) in [6.07, 6.45) is 96.0. The number of hydrogen-bond acceptors (Lipinski definition) is 5. The highest BCUT2D eigenvalue weighted by Crippen LogP contribution is 2.19. The monoisotopic (exact) mass is 1120 g/mol. The summed E-state index contributed by atoms with van der Waals surface area (Å²) in [5.74, 6) is -0.570. The van der Waals surface area contributed by atoms with Gasteiger partial charge < -0.3 is 14.6 Å². The van der Waals surface area contributed by atoms with Gasteiger partial charge in [0.15, 0.2) is 6.10 Å². The van der Waals surface area contributed by atoms with Crippen LogP contribution < -0.4 is 0 Å². The van der Waals surface area contributed by atoms with Crippen LogP contribution in [0.5, 0.6) is 0 Å². The lowest BCUT2D eigenvalue weighted by molar-refractivity contribution is -0.161. The molecule has 1 N–H and O–H groups in total. The molecule has 0 aliphatic carbocycles. The summed E-state index contributed by atoms with van der Waals surface area (Å²) in [5, 5.41) is 9.70. The minimum atomic E-state index is -0.771. The molecular weight excluding hydrogens is 981 g/mol. The van der Waals surface area contributed by atoms with Crippen molar-refractivity contribution < 1.29 is 24.2 Å². The third kappa shape index (κ3) is 68.4. The first kappa shape index (κ1) is 77.9. The highest BCUT2D eigenvalue weighted by molar-refractivity contribution is 5.70. The lowest BCUT2D eigenvalue weighted by Crippen LogP contribution is -2.28. The van der Waals surface area contributed by atoms with Gasteiger partial charge in [0.05, 0.1) is 6.61 Å². The molecule has 0 saturated heterocycles. The lowest BCUT2D eigenvalue weighted by Gasteiger charge is -2.15. The molecule has 0 heterocycles. The van der Waals surface area contributed by atoms with Gasteiger partial charge in [0, 0.05) is 12.8 Å². The minimum absolute atomic E-state index is 0.0613. The van der Waals surface area contributed by atoms with E-state index in [9.17, 15) is 14.7 Å². The van der Waals surface area contributed by atoms with Crippen LogP contribution in [0.15, 0.2) is 48.6 Å². The molecule has 0 amide bonds. The van der Waals surface area contributed by atoms with Crippen molar-refractivity contribution in [1.29, 1.82) is 0 Å². The van der Waals surface area contributed by atoms with Crippen LogP contribution >= 0.6 is 0 Å². The molecule has 0 aromatic heterocycles. The highest BCUT2D eigenvalue weighted by atomic mass is 16.6. The molecule has 0 aliphatic rings. The first-order valence-electron chi connectivity index (χ1n) is 36.2. The molecule has 0 fully saturated rings. The number of rotatable bonds is 68. The molecule has 0 bridgehead atoms. The Kier molecular flexibility index (Phi) is 69.2. The Hall–Kier alpha value is -2.14. The topological polar surface area (TPSA) is 72.8 Å². The third-order valence-corrected chi connectivity index (χ3v) is 16.6. The Balaban J connectivity index is 3.37. The Morgan fingerprint density at radius 3 is 0.738 bits per heavy atom. The minimum Gasteiger partial charge on any atom is -0.462 e. The number of ether oxygens (including phenoxy) is 2. The van der Waals surface area contributed by atoms with Gasteiger partial charge in [0.2, 0.25) is 0 Å². The van der Waals surface area contributed by atoms with Crippen molar-refractivity contribution in [3.63, 3.8) is 0 Å². The van der Waals surface area contributed by atoms with Crippen molar-refractivity contribution >= 4 is 11.9 Å². The molecule has 5 nitrogen and oxygen atoms in total. The van der Waals surface area contributed by atoms with E-state index >= 15 is 0 Å². The summed E-state index contributed by atoms with van der Waals surface area (Å²) in [6, 6.07) is 0. The number of carbonyl (C=O) groups excluding carboxylic acids is 2. The zero-order valence-electron chi connectivity index (χ0n) is 54.1. The predicted octanol–water partition coefficient (Wildman–Crippen LogP) is 25.1. The summed E-state index contributed by atoms with van der Waals surface area (Å²) >= 11 is 0. The van der Waals surface area contributed by atoms with Gasteiger partial charge in [0.25, 0.3) is 0 Å². The van der Waals surface area contributed by atoms with Crippen LogP contribution in [0.25, 0.3) is 0 Å². The van der Waals surface area contributed by atoms with Crippen molar-refractivity contribution in [3.8, 4) is 0 Å². The number of hydrogen-bond donors (Lipinski definition) is 1. The van der Waals surface area contributed by atoms with E-state index in [-0.39, 0.29) is 25.2 Å². The highest BCUT2D eigenvalue weighted by Gasteiger charge is 2.16. The molecule has 1 atom stereocenters. The SMILES string of the molecule is CCCCCCC/C=C\C/C=C\CCCCCCCCCCCCCCCCCCCCCCCCCCCCCCCC(=O)OC(CO)COC(=O)CCCCCCCCCCCCCCC/C=C\C/C=C\CCCCCCC. The molecule has 470 valence electrons. The van der Waals surface area contributed by atoms with Crippen LogP contribution in [0.1, 0.15) is 399 Å². The van der Waals surface area contributed by atoms with Gasteiger partial charge in [-0.3, -0.25) is 9.59 Å². The average molecular weight is 1120 g/mol. The van der Waals surface area contributed by atoms with Crippen molar-refractivity contribution in [3.05, 3.63) is 48.6 Å². The second-order valence-electron chi connectivity index (χ2n) is 24.7. The predicted molar refractivity (Wildman–Crippen MR) is 353 cm³/mol. The zero-order valence-corrected chi connectivity index (χ0v) is 54.1. The molecule has 5 heteroatoms. The lowest BCUT2D eigenvalue weighted by atomic mass is 10.0. The van der Waals surface area contributed by atoms with Crippen molar-refractivity contribution in [2.75, 3.05) is 13.2 Å². The largest absolute Gasteiger partial charge is 0.462 e. The summed E-state index contributed by atoms with van der Waals surface area (Å²) in [5.41, 5.74) is 0. The molecule has 80 heavy (non-hydrogen) atoms. The maximum absolute atomic E-state index is 12.4. The first-order chi connectivity index (χ1) is 39.6. The van der Waals surface area contributed by atoms with E-state index in [1.807, 2.05) is 0 Å². The fourth-order valence-corrected chi connectivity index (χ4v) is 11.2. The smallest absolute Gasteiger partial charge is 0.306 e. The Morgan fingerprint density at radius 1 is 0.287 bits per heavy atom. The van der Waals surface area contributed by atoms with Crippen molar-refractivity contribution in [2.45, 2.75) is 405 Å². The Bertz CT molecular complexity index is 1320. The quantitative estimate of drug-likeness (QED) is 0.0373. The summed E-state index contributed by atoms with van der Waals surface area (Å²) in [4.78, 5) is 24.6. The van der Waals surface area contributed by atoms with E-state index in [0.29, 0.717) is 12.8 Å². The molecule has 0 aromatic rings. The second-order valence-corrected chi connectivity index (χ2v) is 24.7. The second kappa shape index (κ2) is 71.1. The number of allylic oxidation sites excluding steroid dienone is 8. The van der Waals surface area contributed by atoms with Crippen molar-refractivity contribution in [2.24, 2.45) is 0 Å². The fraction of sp³-hybridized carbons (Fsp3) is 0.867. The van der Waals surface area contributed by atoms with E-state index in [2.05, 4.69) is 62.5 Å². The van der Waals surface area contributed by atoms with E-state index in [0.717, 1.165) is 51.4 Å². The van der Waals surface area contributed by atoms with Crippen LogP contribution in [0.2, 0.25) is 0 Å². The Morgan fingerprint density at radius 2 is 0.500 bits per heavy atom. The maximum Gasteiger partial charge on any atom is 0.306 e. The number of carbonyl (C=O) groups is 2. The van der Waals surface area contributed by atoms with Crippen molar-refractivity contribution in [1.82, 2.24) is 0 Å². The van der Waals surface area contributed by atoms with Gasteiger partial charge in [-0.2, -0.15) is 0 Å². The Labute approximate surface area is 500 Å². The first-order valence-corrected chi connectivity index (χ1v) is 36.2. The molecule has 0 radical (unpaired) electrons. The zero-order chi connectivity index (χ0) is 57.6. The van der Waals surface area contributed by atoms with Gasteiger partial charge in [-0.25, -0.2) is 0 Å². The average Bonchev–Trinajstić information content (AvgIpc) is 3.46. The molecule has 0 aliphatic heterocycles. The summed E-state index contributed by atoms with van der Waals surface area (Å²) in [6.45, 7) is 4.17. The van der Waals surface area contributed by atoms with E-state index in [1.165, 1.54) is 321 Å². The standard InChI is InChI=1S/C75H140O5/c1-3-5-7-9-11-13-15-17-19-21-23-25-27-29-30-31-32-33-34-35-36-37-38-39-40-41-42-43-44-46-48-50-52-54-56-58-60-62-64-66-68-70-75(78)80-73(71-76)72-79-74(77)69-67-65-63-61-59-57-55-53-51-49-47-45-28-26-24-22-20-18-16-14-12-10-8-6-4-2/h15-18,21-24,73,76H,3-14,19-20,25-72H2,1-2H3/b17-15-,18-16-,23-21-,24-22-. The molecule has 1 unspecified atom stereocenters. The number of aliphatic hydroxyl groups is 1. The number of esters is 2. The number of aliphatic hydroxyl groups excluding tert-OH is 1. The molecule has 0 saturated carbocycles. The van der Waals surface area contributed by atoms with Crippen LogP contribution in [0.3, 0.4) is 0 Å². The van der Waals surface area contributed by atoms with Crippen LogP contribution in [-0.2, 0) is 19.1 Å². The van der Waals surface area contributed by atoms with Crippen LogP contribution in [-0.4, -0.2) is 36.4 Å². The maximum atomic E-state index is 12.4. The van der Waals surface area contributed by atoms with E-state index < -0.39 is 6.10 Å². The normalized spacial score (nSPS) is 12.4. The number of unbranched alkanes of at least 4 members (excludes halogenated alkanes) is 52. The van der Waals surface area contributed by atoms with Gasteiger partial charge in [-0.05, 0) is 77.0 Å². The molecule has 0 aromatic carbocycles.